The summed E-state index contributed by atoms with van der Waals surface area (Å²) >= 11 is 0. The zero-order chi connectivity index (χ0) is 13.0. The van der Waals surface area contributed by atoms with Crippen LogP contribution >= 0.6 is 0 Å². The Labute approximate surface area is 107 Å². The fourth-order valence-electron chi connectivity index (χ4n) is 1.63. The van der Waals surface area contributed by atoms with Gasteiger partial charge in [0, 0.05) is 17.8 Å². The Morgan fingerprint density at radius 2 is 2.00 bits per heavy atom. The van der Waals surface area contributed by atoms with Crippen molar-refractivity contribution in [3.05, 3.63) is 48.2 Å². The van der Waals surface area contributed by atoms with E-state index in [0.29, 0.717) is 11.4 Å². The molecule has 1 aromatic carbocycles. The zero-order valence-electron chi connectivity index (χ0n) is 10.4. The molecule has 0 radical (unpaired) electrons. The summed E-state index contributed by atoms with van der Waals surface area (Å²) in [4.78, 5) is 4.25. The summed E-state index contributed by atoms with van der Waals surface area (Å²) in [5, 5.41) is 8.87. The molecule has 0 saturated carbocycles. The van der Waals surface area contributed by atoms with Crippen LogP contribution in [0.3, 0.4) is 0 Å². The minimum atomic E-state index is 0.116. The van der Waals surface area contributed by atoms with Gasteiger partial charge in [-0.1, -0.05) is 12.1 Å². The van der Waals surface area contributed by atoms with E-state index in [-0.39, 0.29) is 6.10 Å². The highest BCUT2D eigenvalue weighted by Crippen LogP contribution is 2.21. The average Bonchev–Trinajstić information content (AvgIpc) is 2.39. The maximum absolute atomic E-state index is 8.87. The van der Waals surface area contributed by atoms with Gasteiger partial charge in [-0.15, -0.1) is 0 Å². The molecule has 1 heterocycles. The number of hydrogen-bond acceptors (Lipinski definition) is 3. The number of aromatic nitrogens is 1. The van der Waals surface area contributed by atoms with Gasteiger partial charge in [-0.3, -0.25) is 0 Å². The van der Waals surface area contributed by atoms with Crippen LogP contribution in [0, 0.1) is 11.3 Å². The largest absolute Gasteiger partial charge is 0.475 e. The SMILES string of the molecule is CC(C)Oc1ccc(-c2cccc(C#N)c2)cn1. The van der Waals surface area contributed by atoms with E-state index in [2.05, 4.69) is 11.1 Å². The van der Waals surface area contributed by atoms with E-state index in [0.717, 1.165) is 11.1 Å². The number of ether oxygens (including phenoxy) is 1. The van der Waals surface area contributed by atoms with Crippen LogP contribution in [0.2, 0.25) is 0 Å². The van der Waals surface area contributed by atoms with Crippen molar-refractivity contribution < 1.29 is 4.74 Å². The second kappa shape index (κ2) is 5.33. The lowest BCUT2D eigenvalue weighted by Crippen LogP contribution is -2.06. The molecule has 0 spiro atoms. The molecule has 0 saturated heterocycles. The van der Waals surface area contributed by atoms with Crippen molar-refractivity contribution in [3.8, 4) is 23.1 Å². The maximum Gasteiger partial charge on any atom is 0.213 e. The van der Waals surface area contributed by atoms with E-state index in [1.807, 2.05) is 44.2 Å². The Hall–Kier alpha value is -2.34. The number of hydrogen-bond donors (Lipinski definition) is 0. The van der Waals surface area contributed by atoms with Crippen LogP contribution in [0.5, 0.6) is 5.88 Å². The monoisotopic (exact) mass is 238 g/mol. The van der Waals surface area contributed by atoms with Gasteiger partial charge >= 0.3 is 0 Å². The molecule has 2 rings (SSSR count). The summed E-state index contributed by atoms with van der Waals surface area (Å²) in [7, 11) is 0. The normalized spacial score (nSPS) is 10.1. The number of nitriles is 1. The minimum Gasteiger partial charge on any atom is -0.475 e. The third-order valence-electron chi connectivity index (χ3n) is 2.42. The first-order valence-corrected chi connectivity index (χ1v) is 5.82. The number of rotatable bonds is 3. The van der Waals surface area contributed by atoms with Crippen LogP contribution in [-0.4, -0.2) is 11.1 Å². The Bertz CT molecular complexity index is 568. The van der Waals surface area contributed by atoms with Crippen molar-refractivity contribution >= 4 is 0 Å². The van der Waals surface area contributed by atoms with Gasteiger partial charge in [0.05, 0.1) is 17.7 Å². The molecular formula is C15H14N2O. The van der Waals surface area contributed by atoms with Gasteiger partial charge in [-0.2, -0.15) is 5.26 Å². The van der Waals surface area contributed by atoms with E-state index >= 15 is 0 Å². The number of pyridine rings is 1. The minimum absolute atomic E-state index is 0.116. The summed E-state index contributed by atoms with van der Waals surface area (Å²) in [5.74, 6) is 0.616. The van der Waals surface area contributed by atoms with E-state index < -0.39 is 0 Å². The van der Waals surface area contributed by atoms with Crippen molar-refractivity contribution in [2.75, 3.05) is 0 Å². The van der Waals surface area contributed by atoms with Crippen LogP contribution in [0.15, 0.2) is 42.6 Å². The lowest BCUT2D eigenvalue weighted by Gasteiger charge is -2.09. The highest BCUT2D eigenvalue weighted by atomic mass is 16.5. The third-order valence-corrected chi connectivity index (χ3v) is 2.42. The number of benzene rings is 1. The van der Waals surface area contributed by atoms with Crippen molar-refractivity contribution in [2.45, 2.75) is 20.0 Å². The van der Waals surface area contributed by atoms with Crippen molar-refractivity contribution in [1.29, 1.82) is 5.26 Å². The third kappa shape index (κ3) is 2.86. The van der Waals surface area contributed by atoms with Crippen molar-refractivity contribution in [2.24, 2.45) is 0 Å². The van der Waals surface area contributed by atoms with Gasteiger partial charge in [0.25, 0.3) is 0 Å². The second-order valence-corrected chi connectivity index (χ2v) is 4.24. The first-order chi connectivity index (χ1) is 8.69. The fraction of sp³-hybridized carbons (Fsp3) is 0.200. The van der Waals surface area contributed by atoms with Gasteiger partial charge < -0.3 is 4.74 Å². The summed E-state index contributed by atoms with van der Waals surface area (Å²) in [5.41, 5.74) is 2.61. The van der Waals surface area contributed by atoms with Crippen LogP contribution in [0.4, 0.5) is 0 Å². The molecule has 0 amide bonds. The molecule has 0 aliphatic rings. The summed E-state index contributed by atoms with van der Waals surface area (Å²) in [6, 6.07) is 13.4. The molecule has 3 heteroatoms. The summed E-state index contributed by atoms with van der Waals surface area (Å²) in [6.45, 7) is 3.93. The van der Waals surface area contributed by atoms with E-state index in [9.17, 15) is 0 Å². The topological polar surface area (TPSA) is 45.9 Å². The molecule has 0 atom stereocenters. The molecule has 18 heavy (non-hydrogen) atoms. The summed E-state index contributed by atoms with van der Waals surface area (Å²) in [6.07, 6.45) is 1.87. The first kappa shape index (κ1) is 12.1. The fourth-order valence-corrected chi connectivity index (χ4v) is 1.63. The molecule has 0 aliphatic carbocycles. The zero-order valence-corrected chi connectivity index (χ0v) is 10.4. The Balaban J connectivity index is 2.26. The quantitative estimate of drug-likeness (QED) is 0.823. The molecule has 90 valence electrons. The highest BCUT2D eigenvalue weighted by Gasteiger charge is 2.02. The van der Waals surface area contributed by atoms with Gasteiger partial charge in [0.2, 0.25) is 5.88 Å². The van der Waals surface area contributed by atoms with Gasteiger partial charge in [-0.05, 0) is 37.6 Å². The lowest BCUT2D eigenvalue weighted by molar-refractivity contribution is 0.232. The average molecular weight is 238 g/mol. The van der Waals surface area contributed by atoms with Crippen LogP contribution < -0.4 is 4.74 Å². The van der Waals surface area contributed by atoms with E-state index in [4.69, 9.17) is 10.00 Å². The summed E-state index contributed by atoms with van der Waals surface area (Å²) < 4.78 is 5.49. The molecule has 0 fully saturated rings. The van der Waals surface area contributed by atoms with Gasteiger partial charge in [-0.25, -0.2) is 4.98 Å². The predicted octanol–water partition coefficient (Wildman–Crippen LogP) is 3.41. The van der Waals surface area contributed by atoms with Crippen molar-refractivity contribution in [3.63, 3.8) is 0 Å². The van der Waals surface area contributed by atoms with E-state index in [1.54, 1.807) is 12.3 Å². The van der Waals surface area contributed by atoms with Crippen LogP contribution in [0.25, 0.3) is 11.1 Å². The van der Waals surface area contributed by atoms with Crippen LogP contribution in [0.1, 0.15) is 19.4 Å². The van der Waals surface area contributed by atoms with Gasteiger partial charge in [0.1, 0.15) is 0 Å². The molecular weight excluding hydrogens is 224 g/mol. The van der Waals surface area contributed by atoms with E-state index in [1.165, 1.54) is 0 Å². The molecule has 0 N–H and O–H groups in total. The molecule has 0 unspecified atom stereocenters. The predicted molar refractivity (Wildman–Crippen MR) is 70.2 cm³/mol. The van der Waals surface area contributed by atoms with Crippen molar-refractivity contribution in [1.82, 2.24) is 4.98 Å². The van der Waals surface area contributed by atoms with Crippen LogP contribution in [-0.2, 0) is 0 Å². The first-order valence-electron chi connectivity index (χ1n) is 5.82. The van der Waals surface area contributed by atoms with Gasteiger partial charge in [0.15, 0.2) is 0 Å². The highest BCUT2D eigenvalue weighted by molar-refractivity contribution is 5.64. The standard InChI is InChI=1S/C15H14N2O/c1-11(2)18-15-7-6-14(10-17-15)13-5-3-4-12(8-13)9-16/h3-8,10-11H,1-2H3. The second-order valence-electron chi connectivity index (χ2n) is 4.24. The Kier molecular flexibility index (Phi) is 3.59. The Morgan fingerprint density at radius 3 is 2.61 bits per heavy atom. The molecule has 0 aliphatic heterocycles. The number of nitrogens with zero attached hydrogens (tertiary/aromatic N) is 2. The lowest BCUT2D eigenvalue weighted by atomic mass is 10.1. The molecule has 0 bridgehead atoms. The molecule has 1 aromatic heterocycles. The molecule has 2 aromatic rings. The maximum atomic E-state index is 8.87. The molecule has 3 nitrogen and oxygen atoms in total. The Morgan fingerprint density at radius 1 is 1.17 bits per heavy atom. The smallest absolute Gasteiger partial charge is 0.213 e.